The highest BCUT2D eigenvalue weighted by molar-refractivity contribution is 6.32. The molecule has 1 rings (SSSR count). The molecular weight excluding hydrogens is 299 g/mol. The Kier molecular flexibility index (Phi) is 4.26. The van der Waals surface area contributed by atoms with E-state index in [9.17, 15) is 35.1 Å². The Labute approximate surface area is 108 Å². The second kappa shape index (κ2) is 5.14. The normalized spacial score (nSPS) is 13.4. The predicted molar refractivity (Wildman–Crippen MR) is 56.1 cm³/mol. The summed E-state index contributed by atoms with van der Waals surface area (Å²) in [6, 6.07) is 2.40. The fourth-order valence-corrected chi connectivity index (χ4v) is 1.24. The van der Waals surface area contributed by atoms with Gasteiger partial charge < -0.3 is 4.74 Å². The Balaban J connectivity index is 3.00. The summed E-state index contributed by atoms with van der Waals surface area (Å²) < 4.78 is 103. The van der Waals surface area contributed by atoms with E-state index in [0.717, 1.165) is 6.07 Å². The van der Waals surface area contributed by atoms with E-state index in [1.54, 1.807) is 0 Å². The van der Waals surface area contributed by atoms with E-state index in [1.807, 2.05) is 0 Å². The molecule has 1 nitrogen and oxygen atoms in total. The van der Waals surface area contributed by atoms with Gasteiger partial charge >= 0.3 is 18.3 Å². The van der Waals surface area contributed by atoms with Gasteiger partial charge in [-0.3, -0.25) is 0 Å². The molecule has 0 fully saturated rings. The summed E-state index contributed by atoms with van der Waals surface area (Å²) in [5.74, 6) is -6.31. The molecule has 0 aliphatic carbocycles. The Hall–Kier alpha value is -1.48. The van der Waals surface area contributed by atoms with Crippen LogP contribution in [0.2, 0.25) is 0 Å². The van der Waals surface area contributed by atoms with E-state index < -0.39 is 36.2 Å². The van der Waals surface area contributed by atoms with Crippen LogP contribution in [0.5, 0.6) is 5.75 Å². The SMILES string of the molecule is Bc1ccc(OCC(F)(F)C(F)(F)F)c(C(F)(F)F)c1. The maximum atomic E-state index is 12.6. The predicted octanol–water partition coefficient (Wildman–Crippen LogP) is 2.54. The summed E-state index contributed by atoms with van der Waals surface area (Å²) >= 11 is 0. The van der Waals surface area contributed by atoms with Crippen LogP contribution >= 0.6 is 0 Å². The average molecular weight is 306 g/mol. The van der Waals surface area contributed by atoms with Crippen LogP contribution in [0.3, 0.4) is 0 Å². The maximum Gasteiger partial charge on any atom is 0.456 e. The van der Waals surface area contributed by atoms with Crippen LogP contribution in [0, 0.1) is 0 Å². The first-order chi connectivity index (χ1) is 8.84. The summed E-state index contributed by atoms with van der Waals surface area (Å²) in [4.78, 5) is 0. The van der Waals surface area contributed by atoms with Crippen molar-refractivity contribution in [3.8, 4) is 5.75 Å². The summed E-state index contributed by atoms with van der Waals surface area (Å²) in [7, 11) is 1.31. The van der Waals surface area contributed by atoms with Crippen molar-refractivity contribution >= 4 is 13.3 Å². The van der Waals surface area contributed by atoms with Crippen LogP contribution in [0.15, 0.2) is 18.2 Å². The first-order valence-corrected chi connectivity index (χ1v) is 5.10. The molecular formula is C10H7BF8O. The summed E-state index contributed by atoms with van der Waals surface area (Å²) in [5.41, 5.74) is -1.25. The third-order valence-electron chi connectivity index (χ3n) is 2.26. The molecule has 0 heterocycles. The largest absolute Gasteiger partial charge is 0.486 e. The lowest BCUT2D eigenvalue weighted by Crippen LogP contribution is -2.42. The number of hydrogen-bond acceptors (Lipinski definition) is 1. The zero-order valence-electron chi connectivity index (χ0n) is 9.87. The molecule has 0 saturated carbocycles. The number of alkyl halides is 8. The molecule has 1 aromatic rings. The lowest BCUT2D eigenvalue weighted by atomic mass is 9.94. The number of halogens is 8. The molecule has 10 heteroatoms. The molecule has 0 aromatic heterocycles. The number of rotatable bonds is 3. The van der Waals surface area contributed by atoms with Crippen molar-refractivity contribution in [2.24, 2.45) is 0 Å². The number of benzene rings is 1. The van der Waals surface area contributed by atoms with Crippen LogP contribution in [-0.4, -0.2) is 26.6 Å². The number of hydrogen-bond donors (Lipinski definition) is 0. The molecule has 0 bridgehead atoms. The monoisotopic (exact) mass is 306 g/mol. The molecule has 0 radical (unpaired) electrons. The Morgan fingerprint density at radius 3 is 1.95 bits per heavy atom. The first-order valence-electron chi connectivity index (χ1n) is 5.10. The van der Waals surface area contributed by atoms with Gasteiger partial charge in [0.1, 0.15) is 13.6 Å². The summed E-state index contributed by atoms with van der Waals surface area (Å²) in [6.45, 7) is -2.22. The van der Waals surface area contributed by atoms with Crippen LogP contribution in [0.25, 0.3) is 0 Å². The standard InChI is InChI=1S/C10H7BF8O/c11-5-1-2-7(6(3-5)9(14,15)16)20-4-8(12,13)10(17,18)19/h1-3H,4,11H2. The highest BCUT2D eigenvalue weighted by atomic mass is 19.4. The van der Waals surface area contributed by atoms with Gasteiger partial charge in [-0.15, -0.1) is 0 Å². The third-order valence-corrected chi connectivity index (χ3v) is 2.26. The molecule has 0 aliphatic heterocycles. The molecule has 0 amide bonds. The molecule has 0 atom stereocenters. The van der Waals surface area contributed by atoms with E-state index in [1.165, 1.54) is 7.85 Å². The van der Waals surface area contributed by atoms with Gasteiger partial charge in [0.15, 0.2) is 6.61 Å². The van der Waals surface area contributed by atoms with Gasteiger partial charge in [0.2, 0.25) is 0 Å². The van der Waals surface area contributed by atoms with Gasteiger partial charge in [-0.2, -0.15) is 35.1 Å². The lowest BCUT2D eigenvalue weighted by Gasteiger charge is -2.21. The fourth-order valence-electron chi connectivity index (χ4n) is 1.24. The van der Waals surface area contributed by atoms with Crippen molar-refractivity contribution in [3.05, 3.63) is 23.8 Å². The molecule has 20 heavy (non-hydrogen) atoms. The Morgan fingerprint density at radius 2 is 1.50 bits per heavy atom. The van der Waals surface area contributed by atoms with Crippen molar-refractivity contribution < 1.29 is 39.9 Å². The third kappa shape index (κ3) is 3.77. The van der Waals surface area contributed by atoms with E-state index in [-0.39, 0.29) is 5.46 Å². The van der Waals surface area contributed by atoms with Crippen molar-refractivity contribution in [1.29, 1.82) is 0 Å². The van der Waals surface area contributed by atoms with Gasteiger partial charge in [-0.1, -0.05) is 17.6 Å². The Bertz CT molecular complexity index is 479. The summed E-state index contributed by atoms with van der Waals surface area (Å²) in [6.07, 6.45) is -10.8. The molecule has 1 aromatic carbocycles. The van der Waals surface area contributed by atoms with Gasteiger partial charge in [0.25, 0.3) is 0 Å². The van der Waals surface area contributed by atoms with Crippen molar-refractivity contribution in [1.82, 2.24) is 0 Å². The first kappa shape index (κ1) is 16.6. The topological polar surface area (TPSA) is 9.23 Å². The fraction of sp³-hybridized carbons (Fsp3) is 0.400. The minimum atomic E-state index is -5.89. The van der Waals surface area contributed by atoms with E-state index in [2.05, 4.69) is 4.74 Å². The molecule has 0 saturated heterocycles. The van der Waals surface area contributed by atoms with Gasteiger partial charge in [0, 0.05) is 0 Å². The molecule has 0 aliphatic rings. The van der Waals surface area contributed by atoms with Crippen molar-refractivity contribution in [2.45, 2.75) is 18.3 Å². The lowest BCUT2D eigenvalue weighted by molar-refractivity contribution is -0.290. The molecule has 0 spiro atoms. The summed E-state index contributed by atoms with van der Waals surface area (Å²) in [5, 5.41) is 0. The van der Waals surface area contributed by atoms with Gasteiger partial charge in [0.05, 0.1) is 5.56 Å². The van der Waals surface area contributed by atoms with E-state index in [4.69, 9.17) is 0 Å². The molecule has 0 unspecified atom stereocenters. The van der Waals surface area contributed by atoms with E-state index >= 15 is 0 Å². The highest BCUT2D eigenvalue weighted by Gasteiger charge is 2.58. The van der Waals surface area contributed by atoms with Crippen LogP contribution in [-0.2, 0) is 6.18 Å². The Morgan fingerprint density at radius 1 is 0.950 bits per heavy atom. The van der Waals surface area contributed by atoms with E-state index in [0.29, 0.717) is 12.1 Å². The van der Waals surface area contributed by atoms with Gasteiger partial charge in [-0.05, 0) is 6.07 Å². The zero-order chi connectivity index (χ0) is 15.8. The van der Waals surface area contributed by atoms with Crippen molar-refractivity contribution in [2.75, 3.05) is 6.61 Å². The second-order valence-electron chi connectivity index (χ2n) is 3.99. The van der Waals surface area contributed by atoms with Crippen LogP contribution in [0.4, 0.5) is 35.1 Å². The highest BCUT2D eigenvalue weighted by Crippen LogP contribution is 2.38. The minimum absolute atomic E-state index is 0.159. The molecule has 112 valence electrons. The van der Waals surface area contributed by atoms with Crippen LogP contribution < -0.4 is 10.2 Å². The van der Waals surface area contributed by atoms with Crippen LogP contribution in [0.1, 0.15) is 5.56 Å². The maximum absolute atomic E-state index is 12.6. The second-order valence-corrected chi connectivity index (χ2v) is 3.99. The number of ether oxygens (including phenoxy) is 1. The quantitative estimate of drug-likeness (QED) is 0.616. The minimum Gasteiger partial charge on any atom is -0.486 e. The zero-order valence-corrected chi connectivity index (χ0v) is 9.87. The van der Waals surface area contributed by atoms with Gasteiger partial charge in [-0.25, -0.2) is 0 Å². The molecule has 0 N–H and O–H groups in total. The van der Waals surface area contributed by atoms with Crippen molar-refractivity contribution in [3.63, 3.8) is 0 Å². The smallest absolute Gasteiger partial charge is 0.456 e. The average Bonchev–Trinajstić information content (AvgIpc) is 2.24.